The molecule has 2 heterocycles. The minimum atomic E-state index is 0.0458. The lowest BCUT2D eigenvalue weighted by molar-refractivity contribution is 0.0662. The average molecular weight is 330 g/mol. The number of amides is 1. The van der Waals surface area contributed by atoms with Crippen molar-refractivity contribution in [3.8, 4) is 0 Å². The van der Waals surface area contributed by atoms with Gasteiger partial charge in [0.1, 0.15) is 0 Å². The van der Waals surface area contributed by atoms with Crippen LogP contribution in [0.1, 0.15) is 68.3 Å². The summed E-state index contributed by atoms with van der Waals surface area (Å²) in [6, 6.07) is 4.87. The number of piperidine rings is 1. The number of hydrogen-bond acceptors (Lipinski definition) is 3. The number of likely N-dealkylation sites (tertiary alicyclic amines) is 1. The Hall–Kier alpha value is -1.29. The Kier molecular flexibility index (Phi) is 4.93. The molecule has 1 atom stereocenters. The van der Waals surface area contributed by atoms with E-state index < -0.39 is 0 Å². The first-order valence-electron chi connectivity index (χ1n) is 9.90. The number of carbonyl (C=O) groups excluding carboxylic acids is 1. The van der Waals surface area contributed by atoms with Gasteiger partial charge < -0.3 is 14.6 Å². The standard InChI is InChI=1S/C20H30N2O2/c23-20(18-7-4-14-24-18)22-12-10-17(11-13-22)21-19(16-8-9-16)15-5-2-1-3-6-15/h4,7,14-17,19,21H,1-3,5-6,8-13H2. The van der Waals surface area contributed by atoms with Crippen LogP contribution < -0.4 is 5.32 Å². The number of furan rings is 1. The van der Waals surface area contributed by atoms with Crippen molar-refractivity contribution in [2.24, 2.45) is 11.8 Å². The number of hydrogen-bond donors (Lipinski definition) is 1. The Labute approximate surface area is 145 Å². The molecule has 2 aliphatic carbocycles. The van der Waals surface area contributed by atoms with Gasteiger partial charge in [-0.2, -0.15) is 0 Å². The first kappa shape index (κ1) is 16.2. The molecule has 4 rings (SSSR count). The smallest absolute Gasteiger partial charge is 0.289 e. The molecule has 1 unspecified atom stereocenters. The zero-order chi connectivity index (χ0) is 16.4. The first-order valence-corrected chi connectivity index (χ1v) is 9.90. The molecule has 1 N–H and O–H groups in total. The largest absolute Gasteiger partial charge is 0.459 e. The maximum absolute atomic E-state index is 12.4. The van der Waals surface area contributed by atoms with E-state index in [9.17, 15) is 4.79 Å². The molecule has 0 aromatic carbocycles. The van der Waals surface area contributed by atoms with Crippen molar-refractivity contribution in [1.82, 2.24) is 10.2 Å². The van der Waals surface area contributed by atoms with E-state index in [1.54, 1.807) is 18.4 Å². The monoisotopic (exact) mass is 330 g/mol. The SMILES string of the molecule is O=C(c1ccco1)N1CCC(NC(C2CCCCC2)C2CC2)CC1. The summed E-state index contributed by atoms with van der Waals surface area (Å²) in [4.78, 5) is 14.3. The number of nitrogens with zero attached hydrogens (tertiary/aromatic N) is 1. The van der Waals surface area contributed by atoms with Gasteiger partial charge in [0.15, 0.2) is 5.76 Å². The summed E-state index contributed by atoms with van der Waals surface area (Å²) in [6.45, 7) is 1.69. The maximum Gasteiger partial charge on any atom is 0.289 e. The van der Waals surface area contributed by atoms with Gasteiger partial charge in [-0.3, -0.25) is 4.79 Å². The van der Waals surface area contributed by atoms with Gasteiger partial charge in [0.05, 0.1) is 6.26 Å². The normalized spacial score (nSPS) is 24.9. The molecule has 4 heteroatoms. The minimum Gasteiger partial charge on any atom is -0.459 e. The molecule has 1 saturated heterocycles. The lowest BCUT2D eigenvalue weighted by Gasteiger charge is -2.38. The van der Waals surface area contributed by atoms with E-state index in [1.807, 2.05) is 4.90 Å². The van der Waals surface area contributed by atoms with Crippen molar-refractivity contribution in [3.05, 3.63) is 24.2 Å². The van der Waals surface area contributed by atoms with Crippen LogP contribution >= 0.6 is 0 Å². The molecule has 0 spiro atoms. The van der Waals surface area contributed by atoms with Gasteiger partial charge in [-0.1, -0.05) is 19.3 Å². The lowest BCUT2D eigenvalue weighted by Crippen LogP contribution is -2.50. The first-order chi connectivity index (χ1) is 11.8. The zero-order valence-electron chi connectivity index (χ0n) is 14.6. The highest BCUT2D eigenvalue weighted by Crippen LogP contribution is 2.40. The second-order valence-corrected chi connectivity index (χ2v) is 7.97. The van der Waals surface area contributed by atoms with Gasteiger partial charge in [0.25, 0.3) is 5.91 Å². The van der Waals surface area contributed by atoms with Crippen molar-refractivity contribution in [1.29, 1.82) is 0 Å². The Morgan fingerprint density at radius 1 is 1.04 bits per heavy atom. The zero-order valence-corrected chi connectivity index (χ0v) is 14.6. The van der Waals surface area contributed by atoms with E-state index in [0.29, 0.717) is 11.8 Å². The number of nitrogens with one attached hydrogen (secondary N) is 1. The lowest BCUT2D eigenvalue weighted by atomic mass is 9.81. The van der Waals surface area contributed by atoms with Gasteiger partial charge in [-0.15, -0.1) is 0 Å². The summed E-state index contributed by atoms with van der Waals surface area (Å²) in [6.07, 6.45) is 13.7. The van der Waals surface area contributed by atoms with Crippen molar-refractivity contribution in [2.45, 2.75) is 69.9 Å². The summed E-state index contributed by atoms with van der Waals surface area (Å²) in [5.74, 6) is 2.34. The molecule has 3 fully saturated rings. The summed E-state index contributed by atoms with van der Waals surface area (Å²) >= 11 is 0. The fourth-order valence-corrected chi connectivity index (χ4v) is 4.68. The molecule has 1 aromatic rings. The molecule has 1 amide bonds. The van der Waals surface area contributed by atoms with Crippen LogP contribution in [0, 0.1) is 11.8 Å². The van der Waals surface area contributed by atoms with Crippen LogP contribution in [0.3, 0.4) is 0 Å². The molecule has 4 nitrogen and oxygen atoms in total. The summed E-state index contributed by atoms with van der Waals surface area (Å²) in [5.41, 5.74) is 0. The highest BCUT2D eigenvalue weighted by Gasteiger charge is 2.38. The van der Waals surface area contributed by atoms with Gasteiger partial charge >= 0.3 is 0 Å². The van der Waals surface area contributed by atoms with Gasteiger partial charge in [0, 0.05) is 25.2 Å². The third-order valence-corrected chi connectivity index (χ3v) is 6.23. The molecule has 24 heavy (non-hydrogen) atoms. The van der Waals surface area contributed by atoms with Gasteiger partial charge in [-0.05, 0) is 62.5 Å². The highest BCUT2D eigenvalue weighted by atomic mass is 16.3. The third kappa shape index (κ3) is 3.69. The van der Waals surface area contributed by atoms with Crippen LogP contribution in [0.25, 0.3) is 0 Å². The molecule has 0 bridgehead atoms. The van der Waals surface area contributed by atoms with E-state index in [1.165, 1.54) is 44.9 Å². The predicted molar refractivity (Wildman–Crippen MR) is 93.9 cm³/mol. The van der Waals surface area contributed by atoms with Crippen LogP contribution in [-0.2, 0) is 0 Å². The van der Waals surface area contributed by atoms with Crippen LogP contribution in [0.5, 0.6) is 0 Å². The van der Waals surface area contributed by atoms with Crippen molar-refractivity contribution in [2.75, 3.05) is 13.1 Å². The molecule has 2 saturated carbocycles. The highest BCUT2D eigenvalue weighted by molar-refractivity contribution is 5.91. The molecule has 1 aliphatic heterocycles. The fraction of sp³-hybridized carbons (Fsp3) is 0.750. The summed E-state index contributed by atoms with van der Waals surface area (Å²) < 4.78 is 5.25. The Morgan fingerprint density at radius 3 is 2.38 bits per heavy atom. The molecular weight excluding hydrogens is 300 g/mol. The summed E-state index contributed by atoms with van der Waals surface area (Å²) in [5, 5.41) is 4.02. The minimum absolute atomic E-state index is 0.0458. The Bertz CT molecular complexity index is 524. The fourth-order valence-electron chi connectivity index (χ4n) is 4.68. The molecule has 132 valence electrons. The van der Waals surface area contributed by atoms with E-state index >= 15 is 0 Å². The van der Waals surface area contributed by atoms with E-state index in [2.05, 4.69) is 5.32 Å². The van der Waals surface area contributed by atoms with Crippen molar-refractivity contribution in [3.63, 3.8) is 0 Å². The Balaban J connectivity index is 1.29. The van der Waals surface area contributed by atoms with Crippen LogP contribution in [0.15, 0.2) is 22.8 Å². The molecular formula is C20H30N2O2. The van der Waals surface area contributed by atoms with E-state index in [0.717, 1.165) is 43.8 Å². The third-order valence-electron chi connectivity index (χ3n) is 6.23. The second kappa shape index (κ2) is 7.30. The molecule has 1 aromatic heterocycles. The molecule has 3 aliphatic rings. The second-order valence-electron chi connectivity index (χ2n) is 7.97. The molecule has 0 radical (unpaired) electrons. The summed E-state index contributed by atoms with van der Waals surface area (Å²) in [7, 11) is 0. The van der Waals surface area contributed by atoms with Crippen LogP contribution in [0.4, 0.5) is 0 Å². The van der Waals surface area contributed by atoms with Gasteiger partial charge in [-0.25, -0.2) is 0 Å². The van der Waals surface area contributed by atoms with E-state index in [4.69, 9.17) is 4.42 Å². The predicted octanol–water partition coefficient (Wildman–Crippen LogP) is 3.83. The Morgan fingerprint density at radius 2 is 1.75 bits per heavy atom. The van der Waals surface area contributed by atoms with E-state index in [-0.39, 0.29) is 5.91 Å². The van der Waals surface area contributed by atoms with Crippen LogP contribution in [0.2, 0.25) is 0 Å². The van der Waals surface area contributed by atoms with Crippen molar-refractivity contribution < 1.29 is 9.21 Å². The number of rotatable bonds is 5. The van der Waals surface area contributed by atoms with Crippen LogP contribution in [-0.4, -0.2) is 36.0 Å². The van der Waals surface area contributed by atoms with Gasteiger partial charge in [0.2, 0.25) is 0 Å². The maximum atomic E-state index is 12.4. The number of carbonyl (C=O) groups is 1. The average Bonchev–Trinajstić information content (AvgIpc) is 3.33. The topological polar surface area (TPSA) is 45.5 Å². The quantitative estimate of drug-likeness (QED) is 0.892. The van der Waals surface area contributed by atoms with Crippen molar-refractivity contribution >= 4 is 5.91 Å².